The van der Waals surface area contributed by atoms with E-state index in [0.717, 1.165) is 19.4 Å². The van der Waals surface area contributed by atoms with Gasteiger partial charge in [0, 0.05) is 30.8 Å². The fourth-order valence-corrected chi connectivity index (χ4v) is 2.81. The molecule has 1 aliphatic heterocycles. The first-order chi connectivity index (χ1) is 10.2. The number of piperidine rings is 1. The number of carbonyl (C=O) groups excluding carboxylic acids is 1. The second-order valence-electron chi connectivity index (χ2n) is 5.42. The first-order valence-corrected chi connectivity index (χ1v) is 7.51. The van der Waals surface area contributed by atoms with Crippen LogP contribution < -0.4 is 5.73 Å². The third kappa shape index (κ3) is 4.02. The van der Waals surface area contributed by atoms with Gasteiger partial charge in [-0.1, -0.05) is 18.2 Å². The molecule has 1 aromatic rings. The van der Waals surface area contributed by atoms with Crippen molar-refractivity contribution in [2.45, 2.75) is 32.9 Å². The molecule has 4 nitrogen and oxygen atoms in total. The summed E-state index contributed by atoms with van der Waals surface area (Å²) in [6.07, 6.45) is 1.78. The van der Waals surface area contributed by atoms with Crippen LogP contribution >= 0.6 is 0 Å². The van der Waals surface area contributed by atoms with Gasteiger partial charge in [0.05, 0.1) is 12.5 Å². The van der Waals surface area contributed by atoms with Gasteiger partial charge in [-0.3, -0.25) is 9.69 Å². The number of halogens is 1. The fraction of sp³-hybridized carbons (Fsp3) is 0.562. The maximum Gasteiger partial charge on any atom is 0.310 e. The number of esters is 1. The highest BCUT2D eigenvalue weighted by atomic mass is 19.1. The Balaban J connectivity index is 2.01. The number of nitrogens with zero attached hydrogens (tertiary/aromatic N) is 1. The Kier molecular flexibility index (Phi) is 5.70. The molecule has 5 heteroatoms. The summed E-state index contributed by atoms with van der Waals surface area (Å²) < 4.78 is 19.3. The molecular weight excluding hydrogens is 271 g/mol. The Morgan fingerprint density at radius 3 is 2.95 bits per heavy atom. The molecule has 0 spiro atoms. The monoisotopic (exact) mass is 294 g/mol. The van der Waals surface area contributed by atoms with Crippen molar-refractivity contribution in [1.29, 1.82) is 0 Å². The van der Waals surface area contributed by atoms with E-state index in [2.05, 4.69) is 4.90 Å². The first kappa shape index (κ1) is 15.9. The van der Waals surface area contributed by atoms with E-state index >= 15 is 0 Å². The first-order valence-electron chi connectivity index (χ1n) is 7.51. The predicted molar refractivity (Wildman–Crippen MR) is 78.9 cm³/mol. The van der Waals surface area contributed by atoms with Gasteiger partial charge in [0.25, 0.3) is 0 Å². The second-order valence-corrected chi connectivity index (χ2v) is 5.42. The van der Waals surface area contributed by atoms with Gasteiger partial charge in [-0.15, -0.1) is 0 Å². The van der Waals surface area contributed by atoms with Crippen molar-refractivity contribution >= 4 is 5.97 Å². The maximum atomic E-state index is 14.2. The van der Waals surface area contributed by atoms with E-state index < -0.39 is 0 Å². The zero-order valence-corrected chi connectivity index (χ0v) is 12.5. The van der Waals surface area contributed by atoms with E-state index in [0.29, 0.717) is 30.8 Å². The number of rotatable bonds is 5. The van der Waals surface area contributed by atoms with Crippen LogP contribution in [0.2, 0.25) is 0 Å². The van der Waals surface area contributed by atoms with Gasteiger partial charge in [0.2, 0.25) is 0 Å². The van der Waals surface area contributed by atoms with Crippen molar-refractivity contribution < 1.29 is 13.9 Å². The summed E-state index contributed by atoms with van der Waals surface area (Å²) in [6.45, 7) is 4.43. The molecule has 0 amide bonds. The Labute approximate surface area is 125 Å². The molecule has 2 rings (SSSR count). The molecule has 1 atom stereocenters. The van der Waals surface area contributed by atoms with Crippen LogP contribution in [0.1, 0.15) is 30.9 Å². The van der Waals surface area contributed by atoms with E-state index in [1.807, 2.05) is 13.0 Å². The third-order valence-corrected chi connectivity index (χ3v) is 3.90. The lowest BCUT2D eigenvalue weighted by Gasteiger charge is -2.31. The summed E-state index contributed by atoms with van der Waals surface area (Å²) in [5.74, 6) is -0.462. The lowest BCUT2D eigenvalue weighted by molar-refractivity contribution is -0.150. The molecule has 0 bridgehead atoms. The van der Waals surface area contributed by atoms with Crippen LogP contribution in [0.5, 0.6) is 0 Å². The SMILES string of the molecule is CCOC(=O)C1CCCN(Cc2cccc(CN)c2F)C1. The summed E-state index contributed by atoms with van der Waals surface area (Å²) in [7, 11) is 0. The number of carbonyl (C=O) groups is 1. The van der Waals surface area contributed by atoms with Gasteiger partial charge in [-0.25, -0.2) is 4.39 Å². The summed E-state index contributed by atoms with van der Waals surface area (Å²) in [5.41, 5.74) is 6.71. The summed E-state index contributed by atoms with van der Waals surface area (Å²) in [4.78, 5) is 13.9. The molecule has 116 valence electrons. The van der Waals surface area contributed by atoms with Crippen LogP contribution in [-0.4, -0.2) is 30.6 Å². The highest BCUT2D eigenvalue weighted by Gasteiger charge is 2.27. The van der Waals surface area contributed by atoms with E-state index in [1.165, 1.54) is 0 Å². The average Bonchev–Trinajstić information content (AvgIpc) is 2.50. The molecule has 1 aromatic carbocycles. The van der Waals surface area contributed by atoms with Crippen LogP contribution in [0, 0.1) is 11.7 Å². The standard InChI is InChI=1S/C16H23FN2O2/c1-2-21-16(20)14-7-4-8-19(11-14)10-13-6-3-5-12(9-18)15(13)17/h3,5-6,14H,2,4,7-11,18H2,1H3. The smallest absolute Gasteiger partial charge is 0.310 e. The Morgan fingerprint density at radius 1 is 1.48 bits per heavy atom. The fourth-order valence-electron chi connectivity index (χ4n) is 2.81. The molecule has 2 N–H and O–H groups in total. The molecule has 1 fully saturated rings. The molecule has 1 heterocycles. The van der Waals surface area contributed by atoms with Crippen molar-refractivity contribution in [3.05, 3.63) is 35.1 Å². The van der Waals surface area contributed by atoms with E-state index in [1.54, 1.807) is 12.1 Å². The van der Waals surface area contributed by atoms with Crippen molar-refractivity contribution in [2.75, 3.05) is 19.7 Å². The van der Waals surface area contributed by atoms with Gasteiger partial charge in [0.15, 0.2) is 0 Å². The minimum Gasteiger partial charge on any atom is -0.466 e. The minimum absolute atomic E-state index is 0.0977. The highest BCUT2D eigenvalue weighted by molar-refractivity contribution is 5.72. The lowest BCUT2D eigenvalue weighted by Crippen LogP contribution is -2.39. The van der Waals surface area contributed by atoms with Crippen molar-refractivity contribution in [1.82, 2.24) is 4.90 Å². The van der Waals surface area contributed by atoms with Crippen molar-refractivity contribution in [3.63, 3.8) is 0 Å². The predicted octanol–water partition coefficient (Wildman–Crippen LogP) is 2.06. The Bertz CT molecular complexity index is 493. The van der Waals surface area contributed by atoms with Crippen LogP contribution in [0.25, 0.3) is 0 Å². The Hall–Kier alpha value is -1.46. The Morgan fingerprint density at radius 2 is 2.24 bits per heavy atom. The normalized spacial score (nSPS) is 19.5. The zero-order valence-electron chi connectivity index (χ0n) is 12.5. The molecule has 1 unspecified atom stereocenters. The van der Waals surface area contributed by atoms with Crippen molar-refractivity contribution in [2.24, 2.45) is 11.7 Å². The van der Waals surface area contributed by atoms with Crippen LogP contribution in [-0.2, 0) is 22.6 Å². The molecular formula is C16H23FN2O2. The number of hydrogen-bond acceptors (Lipinski definition) is 4. The van der Waals surface area contributed by atoms with Crippen LogP contribution in [0.3, 0.4) is 0 Å². The lowest BCUT2D eigenvalue weighted by atomic mass is 9.97. The van der Waals surface area contributed by atoms with Gasteiger partial charge < -0.3 is 10.5 Å². The minimum atomic E-state index is -0.224. The number of nitrogens with two attached hydrogens (primary N) is 1. The second kappa shape index (κ2) is 7.52. The number of benzene rings is 1. The maximum absolute atomic E-state index is 14.2. The van der Waals surface area contributed by atoms with E-state index in [4.69, 9.17) is 10.5 Å². The van der Waals surface area contributed by atoms with Gasteiger partial charge in [0.1, 0.15) is 5.82 Å². The number of likely N-dealkylation sites (tertiary alicyclic amines) is 1. The molecule has 1 aliphatic rings. The quantitative estimate of drug-likeness (QED) is 0.845. The molecule has 0 aliphatic carbocycles. The largest absolute Gasteiger partial charge is 0.466 e. The summed E-state index contributed by atoms with van der Waals surface area (Å²) in [5, 5.41) is 0. The average molecular weight is 294 g/mol. The highest BCUT2D eigenvalue weighted by Crippen LogP contribution is 2.21. The summed E-state index contributed by atoms with van der Waals surface area (Å²) >= 11 is 0. The van der Waals surface area contributed by atoms with Gasteiger partial charge in [-0.2, -0.15) is 0 Å². The van der Waals surface area contributed by atoms with Crippen molar-refractivity contribution in [3.8, 4) is 0 Å². The van der Waals surface area contributed by atoms with E-state index in [-0.39, 0.29) is 24.2 Å². The molecule has 0 radical (unpaired) electrons. The van der Waals surface area contributed by atoms with E-state index in [9.17, 15) is 9.18 Å². The molecule has 1 saturated heterocycles. The molecule has 0 aromatic heterocycles. The number of ether oxygens (including phenoxy) is 1. The summed E-state index contributed by atoms with van der Waals surface area (Å²) in [6, 6.07) is 5.31. The molecule has 0 saturated carbocycles. The van der Waals surface area contributed by atoms with Crippen LogP contribution in [0.4, 0.5) is 4.39 Å². The third-order valence-electron chi connectivity index (χ3n) is 3.90. The van der Waals surface area contributed by atoms with Gasteiger partial charge in [-0.05, 0) is 26.3 Å². The number of hydrogen-bond donors (Lipinski definition) is 1. The van der Waals surface area contributed by atoms with Crippen LogP contribution in [0.15, 0.2) is 18.2 Å². The zero-order chi connectivity index (χ0) is 15.2. The topological polar surface area (TPSA) is 55.6 Å². The molecule has 21 heavy (non-hydrogen) atoms. The van der Waals surface area contributed by atoms with Gasteiger partial charge >= 0.3 is 5.97 Å².